The minimum Gasteiger partial charge on any atom is -0.462 e. The van der Waals surface area contributed by atoms with Crippen molar-refractivity contribution < 1.29 is 28.6 Å². The summed E-state index contributed by atoms with van der Waals surface area (Å²) in [5.74, 6) is -0.895. The maximum atomic E-state index is 12.9. The molecule has 0 bridgehead atoms. The molecule has 0 aliphatic heterocycles. The van der Waals surface area contributed by atoms with E-state index in [1.54, 1.807) is 0 Å². The summed E-state index contributed by atoms with van der Waals surface area (Å²) >= 11 is 0. The normalized spacial score (nSPS) is 12.4. The number of hydrogen-bond donors (Lipinski definition) is 0. The summed E-state index contributed by atoms with van der Waals surface area (Å²) in [6.45, 7) is 6.54. The summed E-state index contributed by atoms with van der Waals surface area (Å²) < 4.78 is 16.9. The SMILES string of the molecule is CC/C=C\C/C=C\C/C=C\CCCCCC(=O)OCC(COC(=O)CCCCCCCCCCCCC/C=C\C/C=C\CCCCCCC)OC(=O)CCCCCCCCCCCCCCCCCCCCCC. The van der Waals surface area contributed by atoms with Gasteiger partial charge in [0.25, 0.3) is 0 Å². The molecule has 0 amide bonds. The van der Waals surface area contributed by atoms with Crippen molar-refractivity contribution in [3.8, 4) is 0 Å². The zero-order chi connectivity index (χ0) is 53.6. The molecule has 0 saturated carbocycles. The first-order chi connectivity index (χ1) is 36.5. The van der Waals surface area contributed by atoms with Gasteiger partial charge in [-0.1, -0.05) is 293 Å². The summed E-state index contributed by atoms with van der Waals surface area (Å²) in [6, 6.07) is 0. The van der Waals surface area contributed by atoms with Crippen LogP contribution in [0.4, 0.5) is 0 Å². The molecule has 1 atom stereocenters. The Labute approximate surface area is 460 Å². The molecular weight excluding hydrogens is 913 g/mol. The van der Waals surface area contributed by atoms with Crippen LogP contribution in [0.25, 0.3) is 0 Å². The maximum absolute atomic E-state index is 12.9. The van der Waals surface area contributed by atoms with Crippen LogP contribution in [0, 0.1) is 0 Å². The fourth-order valence-electron chi connectivity index (χ4n) is 9.43. The van der Waals surface area contributed by atoms with E-state index in [4.69, 9.17) is 14.2 Å². The maximum Gasteiger partial charge on any atom is 0.306 e. The van der Waals surface area contributed by atoms with Crippen molar-refractivity contribution in [1.82, 2.24) is 0 Å². The van der Waals surface area contributed by atoms with Crippen LogP contribution < -0.4 is 0 Å². The van der Waals surface area contributed by atoms with Crippen LogP contribution >= 0.6 is 0 Å². The van der Waals surface area contributed by atoms with E-state index in [0.29, 0.717) is 19.3 Å². The Morgan fingerprint density at radius 2 is 0.527 bits per heavy atom. The highest BCUT2D eigenvalue weighted by molar-refractivity contribution is 5.71. The standard InChI is InChI=1S/C68H122O6/c1-4-7-10-13-16-19-22-25-27-29-31-33-34-35-37-38-40-43-46-49-52-55-58-61-67(70)73-64-65(63-72-66(69)60-57-54-51-48-45-42-24-21-18-15-12-9-6-3)74-68(71)62-59-56-53-50-47-44-41-39-36-32-30-28-26-23-20-17-14-11-8-5-2/h9,12,18,21-22,25,29,31,42,45,65H,4-8,10-11,13-17,19-20,23-24,26-28,30,32-41,43-44,46-64H2,1-3H3/b12-9-,21-18-,25-22-,31-29-,45-42-. The van der Waals surface area contributed by atoms with Crippen LogP contribution in [-0.2, 0) is 28.6 Å². The van der Waals surface area contributed by atoms with Gasteiger partial charge in [0.1, 0.15) is 13.2 Å². The molecule has 6 nitrogen and oxygen atoms in total. The number of unbranched alkanes of at least 4 members (excludes halogenated alkanes) is 38. The molecule has 0 fully saturated rings. The lowest BCUT2D eigenvalue weighted by atomic mass is 10.0. The number of rotatable bonds is 59. The zero-order valence-electron chi connectivity index (χ0n) is 49.4. The molecule has 0 aliphatic rings. The third kappa shape index (κ3) is 60.0. The van der Waals surface area contributed by atoms with Gasteiger partial charge < -0.3 is 14.2 Å². The molecular formula is C68H122O6. The zero-order valence-corrected chi connectivity index (χ0v) is 49.4. The van der Waals surface area contributed by atoms with Crippen molar-refractivity contribution in [3.05, 3.63) is 60.8 Å². The van der Waals surface area contributed by atoms with Crippen LogP contribution in [0.3, 0.4) is 0 Å². The molecule has 0 N–H and O–H groups in total. The Kier molecular flexibility index (Phi) is 60.2. The summed E-state index contributed by atoms with van der Waals surface area (Å²) in [5.41, 5.74) is 0. The Balaban J connectivity index is 4.30. The highest BCUT2D eigenvalue weighted by Gasteiger charge is 2.19. The summed E-state index contributed by atoms with van der Waals surface area (Å²) in [6.07, 6.45) is 79.5. The quantitative estimate of drug-likeness (QED) is 0.0261. The van der Waals surface area contributed by atoms with Gasteiger partial charge in [-0.15, -0.1) is 0 Å². The fraction of sp³-hybridized carbons (Fsp3) is 0.809. The number of allylic oxidation sites excluding steroid dienone is 10. The average Bonchev–Trinajstić information content (AvgIpc) is 3.40. The lowest BCUT2D eigenvalue weighted by Crippen LogP contribution is -2.30. The monoisotopic (exact) mass is 1030 g/mol. The molecule has 0 radical (unpaired) electrons. The second-order valence-corrected chi connectivity index (χ2v) is 21.6. The van der Waals surface area contributed by atoms with Crippen LogP contribution in [0.2, 0.25) is 0 Å². The van der Waals surface area contributed by atoms with Gasteiger partial charge in [-0.2, -0.15) is 0 Å². The molecule has 0 saturated heterocycles. The van der Waals surface area contributed by atoms with Crippen LogP contribution in [-0.4, -0.2) is 37.2 Å². The van der Waals surface area contributed by atoms with Gasteiger partial charge >= 0.3 is 17.9 Å². The van der Waals surface area contributed by atoms with E-state index in [1.165, 1.54) is 205 Å². The van der Waals surface area contributed by atoms with Crippen LogP contribution in [0.15, 0.2) is 60.8 Å². The second-order valence-electron chi connectivity index (χ2n) is 21.6. The first-order valence-corrected chi connectivity index (χ1v) is 32.3. The minimum absolute atomic E-state index is 0.0816. The third-order valence-electron chi connectivity index (χ3n) is 14.3. The summed E-state index contributed by atoms with van der Waals surface area (Å²) in [7, 11) is 0. The molecule has 0 aromatic carbocycles. The van der Waals surface area contributed by atoms with Crippen molar-refractivity contribution in [1.29, 1.82) is 0 Å². The van der Waals surface area contributed by atoms with Crippen molar-refractivity contribution in [2.24, 2.45) is 0 Å². The molecule has 0 aromatic heterocycles. The fourth-order valence-corrected chi connectivity index (χ4v) is 9.43. The van der Waals surface area contributed by atoms with Crippen molar-refractivity contribution >= 4 is 17.9 Å². The summed E-state index contributed by atoms with van der Waals surface area (Å²) in [5, 5.41) is 0. The molecule has 0 rings (SSSR count). The molecule has 430 valence electrons. The number of hydrogen-bond acceptors (Lipinski definition) is 6. The van der Waals surface area contributed by atoms with E-state index in [2.05, 4.69) is 81.5 Å². The van der Waals surface area contributed by atoms with Gasteiger partial charge in [0, 0.05) is 19.3 Å². The van der Waals surface area contributed by atoms with Gasteiger partial charge in [0.05, 0.1) is 0 Å². The summed E-state index contributed by atoms with van der Waals surface area (Å²) in [4.78, 5) is 38.3. The van der Waals surface area contributed by atoms with E-state index in [0.717, 1.165) is 89.9 Å². The number of esters is 3. The van der Waals surface area contributed by atoms with E-state index >= 15 is 0 Å². The van der Waals surface area contributed by atoms with Gasteiger partial charge in [-0.05, 0) is 83.5 Å². The van der Waals surface area contributed by atoms with Crippen LogP contribution in [0.1, 0.15) is 335 Å². The number of ether oxygens (including phenoxy) is 3. The first kappa shape index (κ1) is 71.1. The second kappa shape index (κ2) is 62.6. The van der Waals surface area contributed by atoms with Gasteiger partial charge in [-0.25, -0.2) is 0 Å². The van der Waals surface area contributed by atoms with Gasteiger partial charge in [0.15, 0.2) is 6.10 Å². The first-order valence-electron chi connectivity index (χ1n) is 32.3. The smallest absolute Gasteiger partial charge is 0.306 e. The molecule has 0 aliphatic carbocycles. The number of carbonyl (C=O) groups is 3. The average molecular weight is 1040 g/mol. The van der Waals surface area contributed by atoms with Crippen molar-refractivity contribution in [3.63, 3.8) is 0 Å². The van der Waals surface area contributed by atoms with E-state index < -0.39 is 6.10 Å². The van der Waals surface area contributed by atoms with Crippen molar-refractivity contribution in [2.75, 3.05) is 13.2 Å². The lowest BCUT2D eigenvalue weighted by Gasteiger charge is -2.18. The molecule has 1 unspecified atom stereocenters. The predicted octanol–water partition coefficient (Wildman–Crippen LogP) is 21.9. The molecule has 74 heavy (non-hydrogen) atoms. The van der Waals surface area contributed by atoms with E-state index in [9.17, 15) is 14.4 Å². The highest BCUT2D eigenvalue weighted by atomic mass is 16.6. The Hall–Kier alpha value is -2.89. The minimum atomic E-state index is -0.786. The largest absolute Gasteiger partial charge is 0.462 e. The number of carbonyl (C=O) groups excluding carboxylic acids is 3. The Morgan fingerprint density at radius 3 is 0.838 bits per heavy atom. The predicted molar refractivity (Wildman–Crippen MR) is 321 cm³/mol. The molecule has 6 heteroatoms. The van der Waals surface area contributed by atoms with Crippen molar-refractivity contribution in [2.45, 2.75) is 341 Å². The van der Waals surface area contributed by atoms with E-state index in [-0.39, 0.29) is 31.1 Å². The Morgan fingerprint density at radius 1 is 0.284 bits per heavy atom. The Bertz CT molecular complexity index is 1330. The highest BCUT2D eigenvalue weighted by Crippen LogP contribution is 2.17. The lowest BCUT2D eigenvalue weighted by molar-refractivity contribution is -0.167. The van der Waals surface area contributed by atoms with Gasteiger partial charge in [-0.3, -0.25) is 14.4 Å². The van der Waals surface area contributed by atoms with Crippen LogP contribution in [0.5, 0.6) is 0 Å². The molecule has 0 heterocycles. The topological polar surface area (TPSA) is 78.9 Å². The van der Waals surface area contributed by atoms with E-state index in [1.807, 2.05) is 0 Å². The molecule has 0 spiro atoms. The molecule has 0 aromatic rings. The van der Waals surface area contributed by atoms with Gasteiger partial charge in [0.2, 0.25) is 0 Å². The third-order valence-corrected chi connectivity index (χ3v) is 14.3.